The highest BCUT2D eigenvalue weighted by atomic mass is 16.5. The minimum absolute atomic E-state index is 0.0116. The molecule has 144 valence electrons. The number of methoxy groups -OCH3 is 1. The highest BCUT2D eigenvalue weighted by Crippen LogP contribution is 2.19. The zero-order chi connectivity index (χ0) is 18.2. The molecule has 26 heavy (non-hydrogen) atoms. The maximum atomic E-state index is 5.67. The largest absolute Gasteiger partial charge is 0.379 e. The van der Waals surface area contributed by atoms with Crippen LogP contribution in [0.3, 0.4) is 0 Å². The number of likely N-dealkylation sites (tertiary alicyclic amines) is 1. The summed E-state index contributed by atoms with van der Waals surface area (Å²) in [6, 6.07) is 10.9. The summed E-state index contributed by atoms with van der Waals surface area (Å²) in [5, 5.41) is 3.46. The van der Waals surface area contributed by atoms with Crippen LogP contribution in [0.25, 0.3) is 0 Å². The third kappa shape index (κ3) is 4.96. The molecule has 0 radical (unpaired) electrons. The van der Waals surface area contributed by atoms with Crippen LogP contribution in [-0.2, 0) is 9.47 Å². The molecule has 3 rings (SSSR count). The predicted molar refractivity (Wildman–Crippen MR) is 105 cm³/mol. The van der Waals surface area contributed by atoms with Crippen LogP contribution >= 0.6 is 0 Å². The Kier molecular flexibility index (Phi) is 7.29. The van der Waals surface area contributed by atoms with Crippen LogP contribution < -0.4 is 5.32 Å². The molecule has 2 atom stereocenters. The number of nitrogens with one attached hydrogen (secondary N) is 1. The molecule has 2 heterocycles. The summed E-state index contributed by atoms with van der Waals surface area (Å²) in [7, 11) is 1.75. The lowest BCUT2D eigenvalue weighted by Gasteiger charge is -2.32. The lowest BCUT2D eigenvalue weighted by Crippen LogP contribution is -2.46. The Morgan fingerprint density at radius 1 is 1.27 bits per heavy atom. The number of hydrogen-bond acceptors (Lipinski definition) is 4. The molecular formula is C20H32N4O2. The van der Waals surface area contributed by atoms with E-state index in [0.29, 0.717) is 12.6 Å². The molecule has 2 aliphatic heterocycles. The number of hydrogen-bond donors (Lipinski definition) is 1. The van der Waals surface area contributed by atoms with E-state index in [4.69, 9.17) is 14.5 Å². The first kappa shape index (κ1) is 19.1. The summed E-state index contributed by atoms with van der Waals surface area (Å²) in [5.41, 5.74) is 1.17. The first-order valence-corrected chi connectivity index (χ1v) is 9.74. The monoisotopic (exact) mass is 360 g/mol. The molecule has 0 spiro atoms. The second-order valence-corrected chi connectivity index (χ2v) is 6.87. The first-order valence-electron chi connectivity index (χ1n) is 9.74. The van der Waals surface area contributed by atoms with Gasteiger partial charge in [0.2, 0.25) is 0 Å². The van der Waals surface area contributed by atoms with Crippen LogP contribution in [0, 0.1) is 0 Å². The summed E-state index contributed by atoms with van der Waals surface area (Å²) in [6.07, 6.45) is 1.18. The molecular weight excluding hydrogens is 328 g/mol. The van der Waals surface area contributed by atoms with Crippen LogP contribution in [0.1, 0.15) is 25.0 Å². The molecule has 0 aromatic heterocycles. The van der Waals surface area contributed by atoms with Crippen molar-refractivity contribution in [2.24, 2.45) is 4.99 Å². The van der Waals surface area contributed by atoms with Gasteiger partial charge in [-0.05, 0) is 18.9 Å². The van der Waals surface area contributed by atoms with E-state index < -0.39 is 0 Å². The van der Waals surface area contributed by atoms with Gasteiger partial charge < -0.3 is 19.7 Å². The first-order chi connectivity index (χ1) is 12.8. The lowest BCUT2D eigenvalue weighted by atomic mass is 10.1. The van der Waals surface area contributed by atoms with Crippen molar-refractivity contribution in [3.8, 4) is 0 Å². The summed E-state index contributed by atoms with van der Waals surface area (Å²) < 4.78 is 11.2. The maximum absolute atomic E-state index is 5.67. The normalized spacial score (nSPS) is 23.2. The van der Waals surface area contributed by atoms with Crippen molar-refractivity contribution in [2.45, 2.75) is 25.5 Å². The van der Waals surface area contributed by atoms with Gasteiger partial charge in [0.05, 0.1) is 19.8 Å². The molecule has 6 heteroatoms. The van der Waals surface area contributed by atoms with Crippen molar-refractivity contribution in [3.63, 3.8) is 0 Å². The molecule has 6 nitrogen and oxygen atoms in total. The highest BCUT2D eigenvalue weighted by molar-refractivity contribution is 5.80. The Balaban J connectivity index is 1.61. The van der Waals surface area contributed by atoms with E-state index >= 15 is 0 Å². The van der Waals surface area contributed by atoms with Crippen molar-refractivity contribution >= 4 is 5.96 Å². The van der Waals surface area contributed by atoms with E-state index in [2.05, 4.69) is 34.2 Å². The van der Waals surface area contributed by atoms with Gasteiger partial charge in [-0.25, -0.2) is 0 Å². The standard InChI is InChI=1S/C20H32N4O2/c1-3-21-20(22-15-19(25-2)17-7-5-4-6-8-17)24-10-9-18(16-24)23-11-13-26-14-12-23/h4-8,18-19H,3,9-16H2,1-2H3,(H,21,22). The van der Waals surface area contributed by atoms with Crippen LogP contribution in [0.5, 0.6) is 0 Å². The molecule has 2 fully saturated rings. The quantitative estimate of drug-likeness (QED) is 0.619. The van der Waals surface area contributed by atoms with Crippen molar-refractivity contribution in [3.05, 3.63) is 35.9 Å². The summed E-state index contributed by atoms with van der Waals surface area (Å²) in [6.45, 7) is 9.52. The fourth-order valence-corrected chi connectivity index (χ4v) is 3.75. The predicted octanol–water partition coefficient (Wildman–Crippen LogP) is 1.75. The van der Waals surface area contributed by atoms with Crippen LogP contribution in [0.15, 0.2) is 35.3 Å². The molecule has 0 bridgehead atoms. The summed E-state index contributed by atoms with van der Waals surface area (Å²) in [4.78, 5) is 9.84. The minimum atomic E-state index is -0.0116. The van der Waals surface area contributed by atoms with Crippen LogP contribution in [0.4, 0.5) is 0 Å². The van der Waals surface area contributed by atoms with E-state index in [1.54, 1.807) is 7.11 Å². The third-order valence-electron chi connectivity index (χ3n) is 5.22. The van der Waals surface area contributed by atoms with Crippen LogP contribution in [0.2, 0.25) is 0 Å². The zero-order valence-electron chi connectivity index (χ0n) is 16.1. The van der Waals surface area contributed by atoms with Gasteiger partial charge >= 0.3 is 0 Å². The molecule has 1 N–H and O–H groups in total. The smallest absolute Gasteiger partial charge is 0.194 e. The van der Waals surface area contributed by atoms with Crippen molar-refractivity contribution in [1.29, 1.82) is 0 Å². The van der Waals surface area contributed by atoms with Crippen LogP contribution in [-0.4, -0.2) is 81.4 Å². The minimum Gasteiger partial charge on any atom is -0.379 e. The molecule has 2 saturated heterocycles. The van der Waals surface area contributed by atoms with Gasteiger partial charge in [0.25, 0.3) is 0 Å². The highest BCUT2D eigenvalue weighted by Gasteiger charge is 2.30. The average Bonchev–Trinajstić information content (AvgIpc) is 3.19. The van der Waals surface area contributed by atoms with Gasteiger partial charge in [-0.1, -0.05) is 30.3 Å². The van der Waals surface area contributed by atoms with Gasteiger partial charge in [0, 0.05) is 45.9 Å². The van der Waals surface area contributed by atoms with Gasteiger partial charge in [-0.3, -0.25) is 9.89 Å². The number of benzene rings is 1. The number of morpholine rings is 1. The average molecular weight is 361 g/mol. The maximum Gasteiger partial charge on any atom is 0.194 e. The van der Waals surface area contributed by atoms with E-state index in [1.807, 2.05) is 18.2 Å². The molecule has 1 aromatic rings. The number of guanidine groups is 1. The fourth-order valence-electron chi connectivity index (χ4n) is 3.75. The molecule has 0 saturated carbocycles. The van der Waals surface area contributed by atoms with Crippen molar-refractivity contribution in [2.75, 3.05) is 59.6 Å². The Bertz CT molecular complexity index is 560. The summed E-state index contributed by atoms with van der Waals surface area (Å²) >= 11 is 0. The Labute approximate surface area is 157 Å². The van der Waals surface area contributed by atoms with E-state index in [9.17, 15) is 0 Å². The van der Waals surface area contributed by atoms with E-state index in [-0.39, 0.29) is 6.10 Å². The third-order valence-corrected chi connectivity index (χ3v) is 5.22. The Morgan fingerprint density at radius 3 is 2.73 bits per heavy atom. The van der Waals surface area contributed by atoms with Crippen molar-refractivity contribution < 1.29 is 9.47 Å². The summed E-state index contributed by atoms with van der Waals surface area (Å²) in [5.74, 6) is 1.00. The Hall–Kier alpha value is -1.63. The van der Waals surface area contributed by atoms with Gasteiger partial charge in [-0.2, -0.15) is 0 Å². The number of aliphatic imine (C=N–C) groups is 1. The molecule has 0 aliphatic carbocycles. The van der Waals surface area contributed by atoms with E-state index in [0.717, 1.165) is 51.9 Å². The zero-order valence-corrected chi connectivity index (χ0v) is 16.1. The fraction of sp³-hybridized carbons (Fsp3) is 0.650. The molecule has 1 aromatic carbocycles. The van der Waals surface area contributed by atoms with Gasteiger partial charge in [-0.15, -0.1) is 0 Å². The molecule has 2 aliphatic rings. The molecule has 2 unspecified atom stereocenters. The number of rotatable bonds is 6. The number of nitrogens with zero attached hydrogens (tertiary/aromatic N) is 3. The second-order valence-electron chi connectivity index (χ2n) is 6.87. The SMILES string of the molecule is CCNC(=NCC(OC)c1ccccc1)N1CCC(N2CCOCC2)C1. The van der Waals surface area contributed by atoms with Gasteiger partial charge in [0.15, 0.2) is 5.96 Å². The second kappa shape index (κ2) is 9.90. The lowest BCUT2D eigenvalue weighted by molar-refractivity contribution is 0.0194. The number of ether oxygens (including phenoxy) is 2. The topological polar surface area (TPSA) is 49.3 Å². The Morgan fingerprint density at radius 2 is 2.04 bits per heavy atom. The van der Waals surface area contributed by atoms with Crippen molar-refractivity contribution in [1.82, 2.24) is 15.1 Å². The van der Waals surface area contributed by atoms with E-state index in [1.165, 1.54) is 12.0 Å². The molecule has 0 amide bonds. The van der Waals surface area contributed by atoms with Gasteiger partial charge in [0.1, 0.15) is 6.10 Å².